The summed E-state index contributed by atoms with van der Waals surface area (Å²) in [6.07, 6.45) is 3.45. The van der Waals surface area contributed by atoms with Gasteiger partial charge in [-0.1, -0.05) is 18.2 Å². The first-order valence-corrected chi connectivity index (χ1v) is 10.7. The fourth-order valence-corrected chi connectivity index (χ4v) is 4.26. The van der Waals surface area contributed by atoms with Gasteiger partial charge in [-0.2, -0.15) is 0 Å². The molecule has 2 aromatic carbocycles. The van der Waals surface area contributed by atoms with Crippen molar-refractivity contribution in [2.24, 2.45) is 0 Å². The maximum absolute atomic E-state index is 12.0. The average molecular weight is 451 g/mol. The molecule has 9 heteroatoms. The number of hydrogen-bond donors (Lipinski definition) is 2. The van der Waals surface area contributed by atoms with Crippen molar-refractivity contribution >= 4 is 34.7 Å². The van der Waals surface area contributed by atoms with Crippen LogP contribution in [-0.2, 0) is 11.3 Å². The van der Waals surface area contributed by atoms with Crippen LogP contribution in [0.25, 0.3) is 28.4 Å². The molecule has 0 saturated carbocycles. The van der Waals surface area contributed by atoms with Crippen molar-refractivity contribution in [3.8, 4) is 22.9 Å². The molecule has 0 aliphatic rings. The minimum absolute atomic E-state index is 0.145. The molecule has 0 fully saturated rings. The van der Waals surface area contributed by atoms with E-state index in [1.807, 2.05) is 47.9 Å². The van der Waals surface area contributed by atoms with Crippen LogP contribution >= 0.6 is 11.8 Å². The fourth-order valence-electron chi connectivity index (χ4n) is 3.39. The van der Waals surface area contributed by atoms with Gasteiger partial charge < -0.3 is 24.1 Å². The van der Waals surface area contributed by atoms with Crippen LogP contribution in [0.3, 0.4) is 0 Å². The summed E-state index contributed by atoms with van der Waals surface area (Å²) in [5.41, 5.74) is 2.50. The molecule has 0 saturated heterocycles. The molecule has 0 spiro atoms. The van der Waals surface area contributed by atoms with Gasteiger partial charge in [-0.25, -0.2) is 4.79 Å². The topological polar surface area (TPSA) is 102 Å². The number of hydrogen-bond acceptors (Lipinski definition) is 6. The first-order valence-electron chi connectivity index (χ1n) is 9.89. The fraction of sp³-hybridized carbons (Fsp3) is 0.174. The number of para-hydroxylation sites is 1. The van der Waals surface area contributed by atoms with E-state index in [0.717, 1.165) is 33.8 Å². The van der Waals surface area contributed by atoms with Crippen molar-refractivity contribution in [1.82, 2.24) is 19.7 Å². The van der Waals surface area contributed by atoms with Crippen LogP contribution in [0.15, 0.2) is 58.7 Å². The van der Waals surface area contributed by atoms with Crippen LogP contribution in [0.2, 0.25) is 0 Å². The van der Waals surface area contributed by atoms with Crippen LogP contribution in [0.5, 0.6) is 11.5 Å². The summed E-state index contributed by atoms with van der Waals surface area (Å²) in [5, 5.41) is 19.9. The van der Waals surface area contributed by atoms with Gasteiger partial charge in [0.05, 0.1) is 14.2 Å². The zero-order chi connectivity index (χ0) is 22.7. The number of carboxylic acid groups (broad SMARTS) is 1. The quantitative estimate of drug-likeness (QED) is 0.297. The Balaban J connectivity index is 1.73. The molecule has 4 rings (SSSR count). The molecule has 0 amide bonds. The first-order chi connectivity index (χ1) is 15.5. The molecule has 0 radical (unpaired) electrons. The van der Waals surface area contributed by atoms with E-state index in [1.54, 1.807) is 32.6 Å². The first kappa shape index (κ1) is 21.5. The second-order valence-corrected chi connectivity index (χ2v) is 7.87. The van der Waals surface area contributed by atoms with E-state index in [-0.39, 0.29) is 4.91 Å². The molecule has 0 aliphatic carbocycles. The van der Waals surface area contributed by atoms with Crippen molar-refractivity contribution in [2.45, 2.75) is 18.6 Å². The number of carboxylic acids is 1. The lowest BCUT2D eigenvalue weighted by Gasteiger charge is -2.10. The summed E-state index contributed by atoms with van der Waals surface area (Å²) in [6.45, 7) is 2.52. The number of ether oxygens (including phenoxy) is 2. The largest absolute Gasteiger partial charge is 0.497 e. The Labute approximate surface area is 188 Å². The number of thioether (sulfide) groups is 1. The summed E-state index contributed by atoms with van der Waals surface area (Å²) < 4.78 is 12.6. The molecule has 2 heterocycles. The monoisotopic (exact) mass is 450 g/mol. The van der Waals surface area contributed by atoms with Crippen LogP contribution in [0.1, 0.15) is 12.5 Å². The SMILES string of the molecule is CCn1c(S/C(=C\c2c[nH]c3ccccc23)C(=O)O)nnc1-c1cc(OC)cc(OC)c1. The number of aromatic nitrogens is 4. The van der Waals surface area contributed by atoms with Crippen LogP contribution in [0.4, 0.5) is 0 Å². The van der Waals surface area contributed by atoms with E-state index in [0.29, 0.717) is 29.0 Å². The van der Waals surface area contributed by atoms with E-state index >= 15 is 0 Å². The standard InChI is InChI=1S/C23H22N4O4S/c1-4-27-21(14-9-16(30-2)12-17(10-14)31-3)25-26-23(27)32-20(22(28)29)11-15-13-24-19-8-6-5-7-18(15)19/h5-13,24H,4H2,1-3H3,(H,28,29)/b20-11-. The van der Waals surface area contributed by atoms with E-state index < -0.39 is 5.97 Å². The number of aliphatic carboxylic acids is 1. The molecular formula is C23H22N4O4S. The Hall–Kier alpha value is -3.72. The lowest BCUT2D eigenvalue weighted by Crippen LogP contribution is -2.03. The van der Waals surface area contributed by atoms with E-state index in [4.69, 9.17) is 9.47 Å². The third kappa shape index (κ3) is 4.19. The molecule has 0 bridgehead atoms. The van der Waals surface area contributed by atoms with Gasteiger partial charge >= 0.3 is 5.97 Å². The Kier molecular flexibility index (Phi) is 6.18. The molecule has 2 aromatic heterocycles. The average Bonchev–Trinajstić information content (AvgIpc) is 3.42. The van der Waals surface area contributed by atoms with E-state index in [1.165, 1.54) is 0 Å². The van der Waals surface area contributed by atoms with Gasteiger partial charge in [0.2, 0.25) is 0 Å². The number of nitrogens with one attached hydrogen (secondary N) is 1. The summed E-state index contributed by atoms with van der Waals surface area (Å²) in [7, 11) is 3.16. The van der Waals surface area contributed by atoms with Crippen molar-refractivity contribution in [2.75, 3.05) is 14.2 Å². The van der Waals surface area contributed by atoms with Crippen molar-refractivity contribution < 1.29 is 19.4 Å². The minimum Gasteiger partial charge on any atom is -0.497 e. The zero-order valence-corrected chi connectivity index (χ0v) is 18.6. The van der Waals surface area contributed by atoms with Gasteiger partial charge in [-0.15, -0.1) is 10.2 Å². The molecule has 32 heavy (non-hydrogen) atoms. The van der Waals surface area contributed by atoms with Crippen LogP contribution in [-0.4, -0.2) is 45.0 Å². The number of rotatable bonds is 8. The zero-order valence-electron chi connectivity index (χ0n) is 17.8. The predicted molar refractivity (Wildman–Crippen MR) is 124 cm³/mol. The van der Waals surface area contributed by atoms with Gasteiger partial charge in [0.15, 0.2) is 11.0 Å². The molecule has 8 nitrogen and oxygen atoms in total. The highest BCUT2D eigenvalue weighted by Gasteiger charge is 2.19. The van der Waals surface area contributed by atoms with Gasteiger partial charge in [0.25, 0.3) is 0 Å². The third-order valence-electron chi connectivity index (χ3n) is 4.96. The normalized spacial score (nSPS) is 11.7. The predicted octanol–water partition coefficient (Wildman–Crippen LogP) is 4.68. The van der Waals surface area contributed by atoms with E-state index in [9.17, 15) is 9.90 Å². The third-order valence-corrected chi connectivity index (χ3v) is 5.96. The molecule has 0 aliphatic heterocycles. The van der Waals surface area contributed by atoms with Crippen molar-refractivity contribution in [3.63, 3.8) is 0 Å². The van der Waals surface area contributed by atoms with Gasteiger partial charge in [0, 0.05) is 40.8 Å². The Morgan fingerprint density at radius 3 is 2.53 bits per heavy atom. The summed E-state index contributed by atoms with van der Waals surface area (Å²) >= 11 is 1.06. The number of carbonyl (C=O) groups is 1. The number of H-pyrrole nitrogens is 1. The summed E-state index contributed by atoms with van der Waals surface area (Å²) in [5.74, 6) is 0.828. The lowest BCUT2D eigenvalue weighted by molar-refractivity contribution is -0.131. The highest BCUT2D eigenvalue weighted by Crippen LogP contribution is 2.34. The van der Waals surface area contributed by atoms with Gasteiger partial charge in [-0.05, 0) is 43.0 Å². The number of aromatic amines is 1. The number of benzene rings is 2. The Morgan fingerprint density at radius 1 is 1.16 bits per heavy atom. The lowest BCUT2D eigenvalue weighted by atomic mass is 10.1. The van der Waals surface area contributed by atoms with E-state index in [2.05, 4.69) is 15.2 Å². The molecule has 2 N–H and O–H groups in total. The molecular weight excluding hydrogens is 428 g/mol. The second kappa shape index (κ2) is 9.19. The minimum atomic E-state index is -1.03. The smallest absolute Gasteiger partial charge is 0.342 e. The molecule has 4 aromatic rings. The highest BCUT2D eigenvalue weighted by atomic mass is 32.2. The van der Waals surface area contributed by atoms with Gasteiger partial charge in [-0.3, -0.25) is 0 Å². The van der Waals surface area contributed by atoms with Crippen molar-refractivity contribution in [1.29, 1.82) is 0 Å². The number of nitrogens with zero attached hydrogens (tertiary/aromatic N) is 3. The molecule has 0 unspecified atom stereocenters. The van der Waals surface area contributed by atoms with Gasteiger partial charge in [0.1, 0.15) is 16.4 Å². The Morgan fingerprint density at radius 2 is 1.88 bits per heavy atom. The molecule has 0 atom stereocenters. The second-order valence-electron chi connectivity index (χ2n) is 6.86. The maximum Gasteiger partial charge on any atom is 0.342 e. The summed E-state index contributed by atoms with van der Waals surface area (Å²) in [6, 6.07) is 13.2. The summed E-state index contributed by atoms with van der Waals surface area (Å²) in [4.78, 5) is 15.3. The number of fused-ring (bicyclic) bond motifs is 1. The molecule has 164 valence electrons. The van der Waals surface area contributed by atoms with Crippen LogP contribution in [0, 0.1) is 0 Å². The maximum atomic E-state index is 12.0. The van der Waals surface area contributed by atoms with Crippen LogP contribution < -0.4 is 9.47 Å². The Bertz CT molecular complexity index is 1290. The van der Waals surface area contributed by atoms with Crippen molar-refractivity contribution in [3.05, 3.63) is 59.1 Å². The highest BCUT2D eigenvalue weighted by molar-refractivity contribution is 8.04. The number of methoxy groups -OCH3 is 2.